The van der Waals surface area contributed by atoms with E-state index in [2.05, 4.69) is 41.5 Å². The number of hydrogen-bond donors (Lipinski definition) is 3. The number of aliphatic hydroxyl groups is 1. The van der Waals surface area contributed by atoms with Crippen LogP contribution in [0, 0.1) is 11.8 Å². The zero-order valence-electron chi connectivity index (χ0n) is 59.1. The first-order valence-corrected chi connectivity index (χ1v) is 40.5. The van der Waals surface area contributed by atoms with Crippen LogP contribution < -0.4 is 0 Å². The molecule has 17 nitrogen and oxygen atoms in total. The molecule has 0 spiro atoms. The van der Waals surface area contributed by atoms with Gasteiger partial charge in [0.15, 0.2) is 12.2 Å². The largest absolute Gasteiger partial charge is 0.472 e. The van der Waals surface area contributed by atoms with Gasteiger partial charge in [-0.15, -0.1) is 0 Å². The maximum absolute atomic E-state index is 13.0. The van der Waals surface area contributed by atoms with Crippen LogP contribution in [0.1, 0.15) is 369 Å². The number of rotatable bonds is 71. The Kier molecular flexibility index (Phi) is 62.7. The summed E-state index contributed by atoms with van der Waals surface area (Å²) in [5.74, 6) is -0.718. The van der Waals surface area contributed by atoms with E-state index in [4.69, 9.17) is 37.0 Å². The molecule has 0 aliphatic heterocycles. The summed E-state index contributed by atoms with van der Waals surface area (Å²) >= 11 is 0. The highest BCUT2D eigenvalue weighted by molar-refractivity contribution is 7.47. The van der Waals surface area contributed by atoms with Crippen molar-refractivity contribution in [1.29, 1.82) is 0 Å². The van der Waals surface area contributed by atoms with Crippen molar-refractivity contribution in [3.8, 4) is 0 Å². The number of esters is 4. The Labute approximate surface area is 556 Å². The molecule has 0 aliphatic carbocycles. The van der Waals surface area contributed by atoms with Gasteiger partial charge in [0, 0.05) is 25.7 Å². The zero-order valence-corrected chi connectivity index (χ0v) is 60.9. The van der Waals surface area contributed by atoms with Gasteiger partial charge >= 0.3 is 39.5 Å². The van der Waals surface area contributed by atoms with Gasteiger partial charge in [0.25, 0.3) is 0 Å². The highest BCUT2D eigenvalue weighted by atomic mass is 31.2. The molecule has 0 aromatic heterocycles. The zero-order chi connectivity index (χ0) is 67.2. The fourth-order valence-electron chi connectivity index (χ4n) is 10.9. The van der Waals surface area contributed by atoms with E-state index in [9.17, 15) is 43.2 Å². The lowest BCUT2D eigenvalue weighted by Gasteiger charge is -2.21. The lowest BCUT2D eigenvalue weighted by atomic mass is 10.0. The van der Waals surface area contributed by atoms with Crippen LogP contribution in [-0.4, -0.2) is 96.7 Å². The molecule has 3 N–H and O–H groups in total. The van der Waals surface area contributed by atoms with E-state index in [0.717, 1.165) is 102 Å². The number of phosphoric ester groups is 2. The fourth-order valence-corrected chi connectivity index (χ4v) is 12.5. The minimum Gasteiger partial charge on any atom is -0.462 e. The van der Waals surface area contributed by atoms with Gasteiger partial charge in [-0.05, 0) is 37.5 Å². The van der Waals surface area contributed by atoms with E-state index in [-0.39, 0.29) is 25.7 Å². The first-order valence-electron chi connectivity index (χ1n) is 37.5. The minimum absolute atomic E-state index is 0.102. The Morgan fingerprint density at radius 2 is 0.505 bits per heavy atom. The number of carbonyl (C=O) groups excluding carboxylic acids is 4. The predicted molar refractivity (Wildman–Crippen MR) is 368 cm³/mol. The predicted octanol–water partition coefficient (Wildman–Crippen LogP) is 20.8. The van der Waals surface area contributed by atoms with E-state index < -0.39 is 97.5 Å². The van der Waals surface area contributed by atoms with E-state index in [1.54, 1.807) is 0 Å². The van der Waals surface area contributed by atoms with E-state index in [1.165, 1.54) is 180 Å². The molecule has 0 bridgehead atoms. The first kappa shape index (κ1) is 89.1. The third-order valence-electron chi connectivity index (χ3n) is 16.7. The van der Waals surface area contributed by atoms with Gasteiger partial charge in [0.1, 0.15) is 19.3 Å². The van der Waals surface area contributed by atoms with Crippen molar-refractivity contribution < 1.29 is 80.2 Å². The number of aliphatic hydroxyl groups excluding tert-OH is 1. The van der Waals surface area contributed by atoms with Crippen LogP contribution in [0.5, 0.6) is 0 Å². The van der Waals surface area contributed by atoms with Crippen molar-refractivity contribution >= 4 is 39.5 Å². The smallest absolute Gasteiger partial charge is 0.462 e. The highest BCUT2D eigenvalue weighted by Gasteiger charge is 2.30. The van der Waals surface area contributed by atoms with Gasteiger partial charge < -0.3 is 33.8 Å². The third-order valence-corrected chi connectivity index (χ3v) is 18.6. The standard InChI is InChI=1S/C72H140O17P2/c1-7-9-11-13-15-17-18-19-20-21-22-23-24-25-26-27-28-29-32-37-44-50-56-71(76)88-67(60-83-70(75)55-49-43-36-33-30-31-34-40-46-52-64(3)4)62-86-90(78,79)84-58-66(73)59-85-91(80,81)87-63-68(61-82-69(74)54-48-42-35-16-14-12-10-8-2)89-72(77)57-51-45-39-38-41-47-53-65(5)6/h64-68,73H,7-63H2,1-6H3,(H,78,79)(H,80,81)/t66-,67-,68-/m1/s1. The molecule has 0 aromatic carbocycles. The summed E-state index contributed by atoms with van der Waals surface area (Å²) in [7, 11) is -9.90. The van der Waals surface area contributed by atoms with Crippen LogP contribution in [0.15, 0.2) is 0 Å². The van der Waals surface area contributed by atoms with Crippen LogP contribution in [0.4, 0.5) is 0 Å². The normalized spacial score (nSPS) is 14.1. The molecule has 5 atom stereocenters. The second-order valence-corrected chi connectivity index (χ2v) is 29.8. The summed E-state index contributed by atoms with van der Waals surface area (Å²) in [6.07, 6.45) is 50.5. The number of phosphoric acid groups is 2. The number of hydrogen-bond acceptors (Lipinski definition) is 15. The lowest BCUT2D eigenvalue weighted by molar-refractivity contribution is -0.161. The van der Waals surface area contributed by atoms with Crippen molar-refractivity contribution in [2.45, 2.75) is 387 Å². The molecule has 0 saturated heterocycles. The van der Waals surface area contributed by atoms with Gasteiger partial charge in [-0.25, -0.2) is 9.13 Å². The molecule has 0 aromatic rings. The number of ether oxygens (including phenoxy) is 4. The third kappa shape index (κ3) is 66.5. The maximum Gasteiger partial charge on any atom is 0.472 e. The molecule has 0 rings (SSSR count). The topological polar surface area (TPSA) is 237 Å². The summed E-state index contributed by atoms with van der Waals surface area (Å²) in [6.45, 7) is 9.41. The first-order chi connectivity index (χ1) is 43.9. The van der Waals surface area contributed by atoms with Crippen LogP contribution >= 0.6 is 15.6 Å². The number of unbranched alkanes of at least 4 members (excludes halogenated alkanes) is 41. The Morgan fingerprint density at radius 3 is 0.747 bits per heavy atom. The lowest BCUT2D eigenvalue weighted by Crippen LogP contribution is -2.30. The minimum atomic E-state index is -4.95. The summed E-state index contributed by atoms with van der Waals surface area (Å²) in [5.41, 5.74) is 0. The van der Waals surface area contributed by atoms with E-state index in [0.29, 0.717) is 31.6 Å². The van der Waals surface area contributed by atoms with E-state index in [1.807, 2.05) is 0 Å². The Bertz CT molecular complexity index is 1770. The summed E-state index contributed by atoms with van der Waals surface area (Å²) in [4.78, 5) is 72.4. The fraction of sp³-hybridized carbons (Fsp3) is 0.944. The highest BCUT2D eigenvalue weighted by Crippen LogP contribution is 2.45. The second-order valence-electron chi connectivity index (χ2n) is 26.9. The van der Waals surface area contributed by atoms with Crippen LogP contribution in [0.3, 0.4) is 0 Å². The molecule has 0 saturated carbocycles. The van der Waals surface area contributed by atoms with Gasteiger partial charge in [-0.1, -0.05) is 318 Å². The molecule has 540 valence electrons. The Balaban J connectivity index is 5.12. The molecule has 19 heteroatoms. The molecule has 2 unspecified atom stereocenters. The van der Waals surface area contributed by atoms with Gasteiger partial charge in [0.2, 0.25) is 0 Å². The quantitative estimate of drug-likeness (QED) is 0.0222. The average molecular weight is 1340 g/mol. The Morgan fingerprint density at radius 1 is 0.297 bits per heavy atom. The number of carbonyl (C=O) groups is 4. The molecule has 0 fully saturated rings. The molecule has 0 radical (unpaired) electrons. The molecular formula is C72H140O17P2. The molecule has 0 amide bonds. The van der Waals surface area contributed by atoms with Crippen LogP contribution in [0.2, 0.25) is 0 Å². The second kappa shape index (κ2) is 64.1. The summed E-state index contributed by atoms with van der Waals surface area (Å²) in [6, 6.07) is 0. The van der Waals surface area contributed by atoms with Gasteiger partial charge in [-0.2, -0.15) is 0 Å². The SMILES string of the molecule is CCCCCCCCCCCCCCCCCCCCCCCCC(=O)O[C@H](COC(=O)CCCCCCCCCCCC(C)C)COP(=O)(O)OC[C@@H](O)COP(=O)(O)OC[C@@H](COC(=O)CCCCCCCCCC)OC(=O)CCCCCCCCC(C)C. The summed E-state index contributed by atoms with van der Waals surface area (Å²) < 4.78 is 68.2. The van der Waals surface area contributed by atoms with Crippen LogP contribution in [0.25, 0.3) is 0 Å². The van der Waals surface area contributed by atoms with E-state index >= 15 is 0 Å². The van der Waals surface area contributed by atoms with Gasteiger partial charge in [0.05, 0.1) is 26.4 Å². The van der Waals surface area contributed by atoms with Crippen molar-refractivity contribution in [2.75, 3.05) is 39.6 Å². The Hall–Kier alpha value is -1.94. The van der Waals surface area contributed by atoms with Crippen molar-refractivity contribution in [3.63, 3.8) is 0 Å². The van der Waals surface area contributed by atoms with Crippen molar-refractivity contribution in [1.82, 2.24) is 0 Å². The van der Waals surface area contributed by atoms with Gasteiger partial charge in [-0.3, -0.25) is 37.3 Å². The average Bonchev–Trinajstić information content (AvgIpc) is 3.66. The molecule has 0 aliphatic rings. The van der Waals surface area contributed by atoms with Crippen molar-refractivity contribution in [3.05, 3.63) is 0 Å². The monoisotopic (exact) mass is 1340 g/mol. The van der Waals surface area contributed by atoms with Crippen molar-refractivity contribution in [2.24, 2.45) is 11.8 Å². The maximum atomic E-state index is 13.0. The molecular weight excluding hydrogens is 1200 g/mol. The molecule has 91 heavy (non-hydrogen) atoms. The summed E-state index contributed by atoms with van der Waals surface area (Å²) in [5, 5.41) is 10.6. The van der Waals surface area contributed by atoms with Crippen LogP contribution in [-0.2, 0) is 65.4 Å². The molecule has 0 heterocycles.